The molecular weight excluding hydrogens is 204 g/mol. The lowest BCUT2D eigenvalue weighted by atomic mass is 9.94. The first-order valence-corrected chi connectivity index (χ1v) is 6.22. The predicted molar refractivity (Wildman–Crippen MR) is 55.0 cm³/mol. The lowest BCUT2D eigenvalue weighted by Gasteiger charge is -2.18. The molecule has 1 N–H and O–H groups in total. The Morgan fingerprint density at radius 3 is 2.07 bits per heavy atom. The van der Waals surface area contributed by atoms with Crippen LogP contribution in [0.4, 0.5) is 0 Å². The molecule has 0 aromatic heterocycles. The van der Waals surface area contributed by atoms with Crippen LogP contribution in [-0.4, -0.2) is 30.5 Å². The van der Waals surface area contributed by atoms with E-state index in [1.54, 1.807) is 0 Å². The molecule has 0 fully saturated rings. The van der Waals surface area contributed by atoms with Crippen molar-refractivity contribution in [2.24, 2.45) is 5.41 Å². The van der Waals surface area contributed by atoms with Gasteiger partial charge >= 0.3 is 5.97 Å². The van der Waals surface area contributed by atoms with Crippen LogP contribution in [0, 0.1) is 5.41 Å². The quantitative estimate of drug-likeness (QED) is 0.778. The molecule has 0 heterocycles. The number of hydrogen-bond donors (Lipinski definition) is 1. The van der Waals surface area contributed by atoms with Gasteiger partial charge in [0, 0.05) is 0 Å². The van der Waals surface area contributed by atoms with E-state index < -0.39 is 21.1 Å². The summed E-state index contributed by atoms with van der Waals surface area (Å²) in [6.07, 6.45) is 0.479. The van der Waals surface area contributed by atoms with Crippen molar-refractivity contribution in [3.63, 3.8) is 0 Å². The molecule has 5 heteroatoms. The Balaban J connectivity index is 4.45. The Hall–Kier alpha value is -0.580. The van der Waals surface area contributed by atoms with Crippen LogP contribution < -0.4 is 0 Å². The fraction of sp³-hybridized carbons (Fsp3) is 0.889. The minimum Gasteiger partial charge on any atom is -0.480 e. The topological polar surface area (TPSA) is 71.4 Å². The van der Waals surface area contributed by atoms with Gasteiger partial charge in [-0.1, -0.05) is 20.8 Å². The Labute approximate surface area is 85.2 Å². The van der Waals surface area contributed by atoms with Gasteiger partial charge in [-0.05, 0) is 18.8 Å². The zero-order valence-corrected chi connectivity index (χ0v) is 9.89. The molecule has 4 nitrogen and oxygen atoms in total. The van der Waals surface area contributed by atoms with Crippen LogP contribution in [0.3, 0.4) is 0 Å². The monoisotopic (exact) mass is 222 g/mol. The SMILES string of the molecule is CC(C(=O)O)S(=O)(=O)CCC(C)(C)C. The smallest absolute Gasteiger partial charge is 0.321 e. The third-order valence-electron chi connectivity index (χ3n) is 2.02. The number of rotatable bonds is 4. The van der Waals surface area contributed by atoms with E-state index in [1.165, 1.54) is 6.92 Å². The second-order valence-electron chi connectivity index (χ2n) is 4.66. The highest BCUT2D eigenvalue weighted by molar-refractivity contribution is 7.92. The van der Waals surface area contributed by atoms with Gasteiger partial charge in [0.25, 0.3) is 0 Å². The molecule has 84 valence electrons. The second-order valence-corrected chi connectivity index (χ2v) is 7.10. The molecule has 0 aliphatic rings. The van der Waals surface area contributed by atoms with Crippen molar-refractivity contribution in [3.8, 4) is 0 Å². The van der Waals surface area contributed by atoms with Crippen molar-refractivity contribution < 1.29 is 18.3 Å². The molecule has 0 aromatic carbocycles. The lowest BCUT2D eigenvalue weighted by Crippen LogP contribution is -2.30. The molecule has 14 heavy (non-hydrogen) atoms. The number of sulfone groups is 1. The maximum atomic E-state index is 11.4. The van der Waals surface area contributed by atoms with Gasteiger partial charge in [-0.15, -0.1) is 0 Å². The van der Waals surface area contributed by atoms with E-state index >= 15 is 0 Å². The number of carbonyl (C=O) groups is 1. The van der Waals surface area contributed by atoms with Gasteiger partial charge in [0.2, 0.25) is 0 Å². The summed E-state index contributed by atoms with van der Waals surface area (Å²) >= 11 is 0. The molecule has 0 saturated heterocycles. The van der Waals surface area contributed by atoms with Crippen LogP contribution in [0.2, 0.25) is 0 Å². The molecule has 0 saturated carbocycles. The first-order valence-electron chi connectivity index (χ1n) is 4.51. The molecule has 0 bridgehead atoms. The van der Waals surface area contributed by atoms with E-state index in [-0.39, 0.29) is 11.2 Å². The molecule has 1 unspecified atom stereocenters. The van der Waals surface area contributed by atoms with E-state index in [4.69, 9.17) is 5.11 Å². The largest absolute Gasteiger partial charge is 0.480 e. The maximum Gasteiger partial charge on any atom is 0.321 e. The van der Waals surface area contributed by atoms with Crippen molar-refractivity contribution in [1.29, 1.82) is 0 Å². The Morgan fingerprint density at radius 1 is 1.36 bits per heavy atom. The van der Waals surface area contributed by atoms with E-state index in [0.717, 1.165) is 0 Å². The van der Waals surface area contributed by atoms with Gasteiger partial charge in [-0.3, -0.25) is 4.79 Å². The van der Waals surface area contributed by atoms with Crippen molar-refractivity contribution in [3.05, 3.63) is 0 Å². The van der Waals surface area contributed by atoms with Gasteiger partial charge in [0.1, 0.15) is 0 Å². The summed E-state index contributed by atoms with van der Waals surface area (Å²) in [6, 6.07) is 0. The van der Waals surface area contributed by atoms with E-state index in [9.17, 15) is 13.2 Å². The zero-order valence-electron chi connectivity index (χ0n) is 9.07. The summed E-state index contributed by atoms with van der Waals surface area (Å²) in [5.74, 6) is -1.34. The van der Waals surface area contributed by atoms with Crippen molar-refractivity contribution in [1.82, 2.24) is 0 Å². The van der Waals surface area contributed by atoms with Crippen LogP contribution in [0.5, 0.6) is 0 Å². The number of hydrogen-bond acceptors (Lipinski definition) is 3. The second kappa shape index (κ2) is 4.29. The standard InChI is InChI=1S/C9H18O4S/c1-7(8(10)11)14(12,13)6-5-9(2,3)4/h7H,5-6H2,1-4H3,(H,10,11). The Kier molecular flexibility index (Phi) is 4.12. The van der Waals surface area contributed by atoms with Crippen LogP contribution in [0.15, 0.2) is 0 Å². The number of carboxylic acids is 1. The van der Waals surface area contributed by atoms with Gasteiger partial charge < -0.3 is 5.11 Å². The highest BCUT2D eigenvalue weighted by Crippen LogP contribution is 2.20. The van der Waals surface area contributed by atoms with Crippen molar-refractivity contribution >= 4 is 15.8 Å². The highest BCUT2D eigenvalue weighted by atomic mass is 32.2. The Morgan fingerprint density at radius 2 is 1.79 bits per heavy atom. The Bertz CT molecular complexity index is 297. The zero-order chi connectivity index (χ0) is 11.6. The van der Waals surface area contributed by atoms with Crippen LogP contribution in [0.1, 0.15) is 34.1 Å². The third-order valence-corrected chi connectivity index (χ3v) is 4.08. The van der Waals surface area contributed by atoms with E-state index in [2.05, 4.69) is 0 Å². The van der Waals surface area contributed by atoms with Crippen LogP contribution >= 0.6 is 0 Å². The highest BCUT2D eigenvalue weighted by Gasteiger charge is 2.28. The number of carboxylic acid groups (broad SMARTS) is 1. The molecule has 1 atom stereocenters. The van der Waals surface area contributed by atoms with Crippen molar-refractivity contribution in [2.75, 3.05) is 5.75 Å². The van der Waals surface area contributed by atoms with Crippen LogP contribution in [-0.2, 0) is 14.6 Å². The molecule has 0 rings (SSSR count). The summed E-state index contributed by atoms with van der Waals surface area (Å²) in [6.45, 7) is 6.98. The summed E-state index contributed by atoms with van der Waals surface area (Å²) < 4.78 is 22.9. The molecule has 0 radical (unpaired) electrons. The molecule has 0 aliphatic carbocycles. The summed E-state index contributed by atoms with van der Waals surface area (Å²) in [4.78, 5) is 10.5. The summed E-state index contributed by atoms with van der Waals surface area (Å²) in [7, 11) is -3.49. The van der Waals surface area contributed by atoms with E-state index in [0.29, 0.717) is 6.42 Å². The maximum absolute atomic E-state index is 11.4. The fourth-order valence-corrected chi connectivity index (χ4v) is 2.34. The summed E-state index contributed by atoms with van der Waals surface area (Å²) in [5, 5.41) is 7.27. The molecule has 0 aliphatic heterocycles. The van der Waals surface area contributed by atoms with Gasteiger partial charge in [-0.2, -0.15) is 0 Å². The van der Waals surface area contributed by atoms with Gasteiger partial charge in [0.15, 0.2) is 15.1 Å². The average Bonchev–Trinajstić information content (AvgIpc) is 1.98. The predicted octanol–water partition coefficient (Wildman–Crippen LogP) is 1.31. The first-order chi connectivity index (χ1) is 6.06. The average molecular weight is 222 g/mol. The minimum absolute atomic E-state index is 0.0655. The van der Waals surface area contributed by atoms with Gasteiger partial charge in [-0.25, -0.2) is 8.42 Å². The summed E-state index contributed by atoms with van der Waals surface area (Å²) in [5.41, 5.74) is -0.0920. The number of aliphatic carboxylic acids is 1. The molecule has 0 spiro atoms. The lowest BCUT2D eigenvalue weighted by molar-refractivity contribution is -0.136. The normalized spacial score (nSPS) is 15.1. The minimum atomic E-state index is -3.49. The molecular formula is C9H18O4S. The molecule has 0 amide bonds. The molecule has 0 aromatic rings. The van der Waals surface area contributed by atoms with Crippen LogP contribution in [0.25, 0.3) is 0 Å². The van der Waals surface area contributed by atoms with Gasteiger partial charge in [0.05, 0.1) is 5.75 Å². The fourth-order valence-electron chi connectivity index (χ4n) is 0.779. The van der Waals surface area contributed by atoms with E-state index in [1.807, 2.05) is 20.8 Å². The first kappa shape index (κ1) is 13.4. The van der Waals surface area contributed by atoms with Crippen molar-refractivity contribution in [2.45, 2.75) is 39.4 Å². The third kappa shape index (κ3) is 4.60.